The minimum Gasteiger partial charge on any atom is -0.369 e. The Morgan fingerprint density at radius 1 is 1.06 bits per heavy atom. The molecule has 1 aliphatic carbocycles. The summed E-state index contributed by atoms with van der Waals surface area (Å²) in [4.78, 5) is 6.32. The molecule has 0 radical (unpaired) electrons. The molecular weight excluding hydrogens is 428 g/mol. The van der Waals surface area contributed by atoms with Gasteiger partial charge in [0.1, 0.15) is 6.04 Å². The van der Waals surface area contributed by atoms with E-state index in [9.17, 15) is 0 Å². The van der Waals surface area contributed by atoms with Gasteiger partial charge in [-0.15, -0.1) is 16.4 Å². The van der Waals surface area contributed by atoms with Crippen molar-refractivity contribution in [2.45, 2.75) is 51.1 Å². The Kier molecular flexibility index (Phi) is 6.25. The quantitative estimate of drug-likeness (QED) is 0.533. The number of benzene rings is 1. The SMILES string of the molecule is Cc1ccc(Cl)cc1N1CCN([C@@H](c2cccs2)c2nnnn2C2CCCCC2)CC1. The van der Waals surface area contributed by atoms with E-state index in [1.54, 1.807) is 11.3 Å². The van der Waals surface area contributed by atoms with Gasteiger partial charge >= 0.3 is 0 Å². The maximum Gasteiger partial charge on any atom is 0.174 e. The lowest BCUT2D eigenvalue weighted by atomic mass is 9.95. The summed E-state index contributed by atoms with van der Waals surface area (Å²) < 4.78 is 2.14. The maximum atomic E-state index is 6.28. The van der Waals surface area contributed by atoms with Crippen LogP contribution in [0.1, 0.15) is 60.5 Å². The zero-order chi connectivity index (χ0) is 21.2. The van der Waals surface area contributed by atoms with Gasteiger partial charge in [-0.05, 0) is 59.3 Å². The average molecular weight is 457 g/mol. The van der Waals surface area contributed by atoms with Gasteiger partial charge < -0.3 is 4.90 Å². The van der Waals surface area contributed by atoms with Crippen LogP contribution in [-0.4, -0.2) is 51.3 Å². The number of rotatable bonds is 5. The number of hydrogen-bond acceptors (Lipinski definition) is 6. The fraction of sp³-hybridized carbons (Fsp3) is 0.522. The molecule has 3 aromatic rings. The predicted molar refractivity (Wildman–Crippen MR) is 126 cm³/mol. The molecule has 31 heavy (non-hydrogen) atoms. The van der Waals surface area contributed by atoms with Crippen molar-refractivity contribution in [2.24, 2.45) is 0 Å². The molecule has 1 aromatic carbocycles. The van der Waals surface area contributed by atoms with Crippen molar-refractivity contribution in [3.8, 4) is 0 Å². The number of piperazine rings is 1. The van der Waals surface area contributed by atoms with Crippen molar-refractivity contribution in [1.29, 1.82) is 0 Å². The van der Waals surface area contributed by atoms with E-state index in [1.165, 1.54) is 48.2 Å². The topological polar surface area (TPSA) is 50.1 Å². The molecule has 2 aliphatic rings. The first-order valence-corrected chi connectivity index (χ1v) is 12.5. The second-order valence-corrected chi connectivity index (χ2v) is 10.1. The summed E-state index contributed by atoms with van der Waals surface area (Å²) in [5.41, 5.74) is 2.51. The second-order valence-electron chi connectivity index (χ2n) is 8.65. The van der Waals surface area contributed by atoms with Crippen LogP contribution in [0.15, 0.2) is 35.7 Å². The summed E-state index contributed by atoms with van der Waals surface area (Å²) >= 11 is 8.08. The van der Waals surface area contributed by atoms with Crippen molar-refractivity contribution < 1.29 is 0 Å². The summed E-state index contributed by atoms with van der Waals surface area (Å²) in [6, 6.07) is 11.1. The minimum absolute atomic E-state index is 0.111. The first kappa shape index (κ1) is 20.9. The lowest BCUT2D eigenvalue weighted by molar-refractivity contribution is 0.196. The van der Waals surface area contributed by atoms with E-state index in [2.05, 4.69) is 66.6 Å². The van der Waals surface area contributed by atoms with Gasteiger partial charge in [-0.3, -0.25) is 4.90 Å². The molecule has 1 atom stereocenters. The summed E-state index contributed by atoms with van der Waals surface area (Å²) in [6.07, 6.45) is 6.22. The van der Waals surface area contributed by atoms with Gasteiger partial charge in [-0.2, -0.15) is 0 Å². The smallest absolute Gasteiger partial charge is 0.174 e. The Morgan fingerprint density at radius 3 is 2.61 bits per heavy atom. The monoisotopic (exact) mass is 456 g/mol. The van der Waals surface area contributed by atoms with Crippen LogP contribution in [-0.2, 0) is 0 Å². The van der Waals surface area contributed by atoms with E-state index in [-0.39, 0.29) is 6.04 Å². The summed E-state index contributed by atoms with van der Waals surface area (Å²) in [6.45, 7) is 6.02. The Labute approximate surface area is 192 Å². The third kappa shape index (κ3) is 4.36. The number of thiophene rings is 1. The summed E-state index contributed by atoms with van der Waals surface area (Å²) in [5, 5.41) is 16.1. The van der Waals surface area contributed by atoms with Crippen molar-refractivity contribution in [3.63, 3.8) is 0 Å². The molecule has 8 heteroatoms. The molecule has 5 rings (SSSR count). The Hall–Kier alpha value is -1.96. The van der Waals surface area contributed by atoms with Crippen LogP contribution in [0.3, 0.4) is 0 Å². The molecule has 0 bridgehead atoms. The third-order valence-electron chi connectivity index (χ3n) is 6.69. The van der Waals surface area contributed by atoms with Crippen LogP contribution in [0.25, 0.3) is 0 Å². The molecular formula is C23H29ClN6S. The Bertz CT molecular complexity index is 989. The minimum atomic E-state index is 0.111. The molecule has 0 N–H and O–H groups in total. The zero-order valence-electron chi connectivity index (χ0n) is 18.0. The van der Waals surface area contributed by atoms with E-state index < -0.39 is 0 Å². The molecule has 1 aliphatic heterocycles. The number of hydrogen-bond donors (Lipinski definition) is 0. The molecule has 1 saturated carbocycles. The molecule has 2 aromatic heterocycles. The van der Waals surface area contributed by atoms with Gasteiger partial charge in [-0.1, -0.05) is 43.0 Å². The third-order valence-corrected chi connectivity index (χ3v) is 7.85. The van der Waals surface area contributed by atoms with Crippen LogP contribution >= 0.6 is 22.9 Å². The molecule has 3 heterocycles. The van der Waals surface area contributed by atoms with Crippen LogP contribution < -0.4 is 4.90 Å². The molecule has 0 unspecified atom stereocenters. The predicted octanol–water partition coefficient (Wildman–Crippen LogP) is 5.11. The van der Waals surface area contributed by atoms with E-state index in [0.29, 0.717) is 6.04 Å². The number of halogens is 1. The highest BCUT2D eigenvalue weighted by atomic mass is 35.5. The van der Waals surface area contributed by atoms with Crippen molar-refractivity contribution in [1.82, 2.24) is 25.1 Å². The Morgan fingerprint density at radius 2 is 1.87 bits per heavy atom. The fourth-order valence-electron chi connectivity index (χ4n) is 5.03. The fourth-order valence-corrected chi connectivity index (χ4v) is 6.05. The highest BCUT2D eigenvalue weighted by molar-refractivity contribution is 7.10. The van der Waals surface area contributed by atoms with Crippen molar-refractivity contribution >= 4 is 28.6 Å². The number of anilines is 1. The van der Waals surface area contributed by atoms with Gasteiger partial charge in [0.25, 0.3) is 0 Å². The van der Waals surface area contributed by atoms with Gasteiger partial charge in [0.15, 0.2) is 5.82 Å². The Balaban J connectivity index is 1.39. The molecule has 0 spiro atoms. The van der Waals surface area contributed by atoms with Crippen LogP contribution in [0.5, 0.6) is 0 Å². The summed E-state index contributed by atoms with van der Waals surface area (Å²) in [5.74, 6) is 1.00. The van der Waals surface area contributed by atoms with E-state index >= 15 is 0 Å². The van der Waals surface area contributed by atoms with Crippen LogP contribution in [0, 0.1) is 6.92 Å². The lowest BCUT2D eigenvalue weighted by Gasteiger charge is -2.40. The second kappa shape index (κ2) is 9.27. The number of nitrogens with zero attached hydrogens (tertiary/aromatic N) is 6. The molecule has 2 fully saturated rings. The number of tetrazole rings is 1. The lowest BCUT2D eigenvalue weighted by Crippen LogP contribution is -2.48. The van der Waals surface area contributed by atoms with Crippen molar-refractivity contribution in [3.05, 3.63) is 57.0 Å². The van der Waals surface area contributed by atoms with Crippen LogP contribution in [0.2, 0.25) is 5.02 Å². The van der Waals surface area contributed by atoms with Crippen molar-refractivity contribution in [2.75, 3.05) is 31.1 Å². The number of aryl methyl sites for hydroxylation is 1. The summed E-state index contributed by atoms with van der Waals surface area (Å²) in [7, 11) is 0. The van der Waals surface area contributed by atoms with E-state index in [1.807, 2.05) is 6.07 Å². The van der Waals surface area contributed by atoms with Crippen LogP contribution in [0.4, 0.5) is 5.69 Å². The van der Waals surface area contributed by atoms with E-state index in [0.717, 1.165) is 37.0 Å². The largest absolute Gasteiger partial charge is 0.369 e. The molecule has 1 saturated heterocycles. The molecule has 164 valence electrons. The normalized spacial score (nSPS) is 19.6. The molecule has 0 amide bonds. The maximum absolute atomic E-state index is 6.28. The van der Waals surface area contributed by atoms with Gasteiger partial charge in [0, 0.05) is 41.8 Å². The highest BCUT2D eigenvalue weighted by Gasteiger charge is 2.33. The first-order chi connectivity index (χ1) is 15.2. The molecule has 6 nitrogen and oxygen atoms in total. The standard InChI is InChI=1S/C23H29ClN6S/c1-17-9-10-18(24)16-20(17)28-11-13-29(14-12-28)22(21-8-5-15-31-21)23-25-26-27-30(23)19-6-3-2-4-7-19/h5,8-10,15-16,19,22H,2-4,6-7,11-14H2,1H3/t22-/m0/s1. The number of aromatic nitrogens is 4. The van der Waals surface area contributed by atoms with Gasteiger partial charge in [0.2, 0.25) is 0 Å². The zero-order valence-corrected chi connectivity index (χ0v) is 19.5. The van der Waals surface area contributed by atoms with Gasteiger partial charge in [-0.25, -0.2) is 4.68 Å². The van der Waals surface area contributed by atoms with Gasteiger partial charge in [0.05, 0.1) is 6.04 Å². The average Bonchev–Trinajstić information content (AvgIpc) is 3.50. The first-order valence-electron chi connectivity index (χ1n) is 11.3. The van der Waals surface area contributed by atoms with E-state index in [4.69, 9.17) is 11.6 Å². The highest BCUT2D eigenvalue weighted by Crippen LogP contribution is 2.36.